The monoisotopic (exact) mass is 290 g/mol. The van der Waals surface area contributed by atoms with Crippen LogP contribution in [-0.2, 0) is 17.6 Å². The van der Waals surface area contributed by atoms with Crippen molar-refractivity contribution in [2.45, 2.75) is 45.1 Å². The predicted octanol–water partition coefficient (Wildman–Crippen LogP) is 2.81. The Morgan fingerprint density at radius 3 is 3.05 bits per heavy atom. The number of fused-ring (bicyclic) bond motifs is 1. The molecule has 1 amide bonds. The van der Waals surface area contributed by atoms with E-state index in [1.165, 1.54) is 29.8 Å². The number of aryl methyl sites for hydroxylation is 2. The van der Waals surface area contributed by atoms with Crippen LogP contribution in [0, 0.1) is 0 Å². The highest BCUT2D eigenvalue weighted by Gasteiger charge is 2.19. The van der Waals surface area contributed by atoms with Crippen LogP contribution in [0.3, 0.4) is 0 Å². The number of hydrogen-bond acceptors (Lipinski definition) is 4. The molecule has 0 saturated heterocycles. The lowest BCUT2D eigenvalue weighted by molar-refractivity contribution is -0.119. The number of hydrogen-bond donors (Lipinski definition) is 1. The lowest BCUT2D eigenvalue weighted by Crippen LogP contribution is -2.23. The average Bonchev–Trinajstić information content (AvgIpc) is 3.04. The number of amides is 1. The summed E-state index contributed by atoms with van der Waals surface area (Å²) in [6, 6.07) is 1.49. The minimum Gasteiger partial charge on any atom is -0.300 e. The SMILES string of the molecule is C[C@@H](C(=O)Nc1nc2c(s1)CCCCC2)n1cccn1. The second-order valence-corrected chi connectivity index (χ2v) is 6.18. The zero-order chi connectivity index (χ0) is 13.9. The Labute approximate surface area is 122 Å². The zero-order valence-corrected chi connectivity index (χ0v) is 12.3. The molecular formula is C14H18N4OS. The van der Waals surface area contributed by atoms with Gasteiger partial charge in [-0.05, 0) is 38.7 Å². The van der Waals surface area contributed by atoms with Crippen LogP contribution in [-0.4, -0.2) is 20.7 Å². The summed E-state index contributed by atoms with van der Waals surface area (Å²) in [4.78, 5) is 18.1. The first-order valence-corrected chi connectivity index (χ1v) is 7.84. The molecule has 0 aromatic carbocycles. The fraction of sp³-hybridized carbons (Fsp3) is 0.500. The van der Waals surface area contributed by atoms with E-state index in [0.717, 1.165) is 18.0 Å². The van der Waals surface area contributed by atoms with Crippen molar-refractivity contribution in [2.24, 2.45) is 0 Å². The summed E-state index contributed by atoms with van der Waals surface area (Å²) < 4.78 is 1.65. The van der Waals surface area contributed by atoms with Crippen molar-refractivity contribution in [1.29, 1.82) is 0 Å². The van der Waals surface area contributed by atoms with Gasteiger partial charge in [-0.15, -0.1) is 11.3 Å². The molecule has 5 nitrogen and oxygen atoms in total. The van der Waals surface area contributed by atoms with Crippen LogP contribution in [0.2, 0.25) is 0 Å². The number of carbonyl (C=O) groups excluding carboxylic acids is 1. The number of aromatic nitrogens is 3. The largest absolute Gasteiger partial charge is 0.300 e. The molecule has 0 unspecified atom stereocenters. The Morgan fingerprint density at radius 2 is 2.25 bits per heavy atom. The van der Waals surface area contributed by atoms with Crippen LogP contribution in [0.25, 0.3) is 0 Å². The lowest BCUT2D eigenvalue weighted by Gasteiger charge is -2.10. The Bertz CT molecular complexity index is 567. The van der Waals surface area contributed by atoms with Crippen LogP contribution >= 0.6 is 11.3 Å². The molecule has 3 rings (SSSR count). The number of anilines is 1. The van der Waals surface area contributed by atoms with E-state index in [-0.39, 0.29) is 11.9 Å². The van der Waals surface area contributed by atoms with Gasteiger partial charge in [-0.3, -0.25) is 9.48 Å². The maximum Gasteiger partial charge on any atom is 0.250 e. The smallest absolute Gasteiger partial charge is 0.250 e. The van der Waals surface area contributed by atoms with Gasteiger partial charge in [-0.25, -0.2) is 4.98 Å². The van der Waals surface area contributed by atoms with E-state index in [9.17, 15) is 4.79 Å². The quantitative estimate of drug-likeness (QED) is 0.884. The van der Waals surface area contributed by atoms with Crippen molar-refractivity contribution in [3.8, 4) is 0 Å². The van der Waals surface area contributed by atoms with Crippen molar-refractivity contribution < 1.29 is 4.79 Å². The highest BCUT2D eigenvalue weighted by molar-refractivity contribution is 7.15. The first-order chi connectivity index (χ1) is 9.74. The maximum atomic E-state index is 12.2. The molecule has 0 spiro atoms. The van der Waals surface area contributed by atoms with Crippen molar-refractivity contribution in [3.63, 3.8) is 0 Å². The Morgan fingerprint density at radius 1 is 1.40 bits per heavy atom. The van der Waals surface area contributed by atoms with Crippen molar-refractivity contribution >= 4 is 22.4 Å². The topological polar surface area (TPSA) is 59.8 Å². The highest BCUT2D eigenvalue weighted by Crippen LogP contribution is 2.29. The average molecular weight is 290 g/mol. The van der Waals surface area contributed by atoms with Gasteiger partial charge in [0.2, 0.25) is 0 Å². The van der Waals surface area contributed by atoms with E-state index in [0.29, 0.717) is 0 Å². The van der Waals surface area contributed by atoms with Crippen LogP contribution in [0.15, 0.2) is 18.5 Å². The Kier molecular flexibility index (Phi) is 3.82. The van der Waals surface area contributed by atoms with Gasteiger partial charge < -0.3 is 5.32 Å². The third kappa shape index (κ3) is 2.75. The molecule has 0 saturated carbocycles. The number of thiazole rings is 1. The second-order valence-electron chi connectivity index (χ2n) is 5.10. The molecule has 1 aliphatic carbocycles. The number of nitrogens with zero attached hydrogens (tertiary/aromatic N) is 3. The Hall–Kier alpha value is -1.69. The first kappa shape index (κ1) is 13.3. The molecule has 2 aromatic rings. The Balaban J connectivity index is 1.70. The van der Waals surface area contributed by atoms with E-state index in [4.69, 9.17) is 0 Å². The molecule has 106 valence electrons. The van der Waals surface area contributed by atoms with E-state index < -0.39 is 0 Å². The lowest BCUT2D eigenvalue weighted by atomic mass is 10.2. The number of nitrogens with one attached hydrogen (secondary N) is 1. The fourth-order valence-electron chi connectivity index (χ4n) is 2.42. The summed E-state index contributed by atoms with van der Waals surface area (Å²) in [5.74, 6) is -0.0717. The standard InChI is InChI=1S/C14H18N4OS/c1-10(18-9-5-8-15-18)13(19)17-14-16-11-6-3-2-4-7-12(11)20-14/h5,8-10H,2-4,6-7H2,1H3,(H,16,17,19)/t10-/m0/s1. The van der Waals surface area contributed by atoms with Gasteiger partial charge in [0, 0.05) is 17.3 Å². The molecular weight excluding hydrogens is 272 g/mol. The number of rotatable bonds is 3. The van der Waals surface area contributed by atoms with Crippen molar-refractivity contribution in [2.75, 3.05) is 5.32 Å². The summed E-state index contributed by atoms with van der Waals surface area (Å²) in [5.41, 5.74) is 1.18. The highest BCUT2D eigenvalue weighted by atomic mass is 32.1. The van der Waals surface area contributed by atoms with E-state index >= 15 is 0 Å². The van der Waals surface area contributed by atoms with E-state index in [2.05, 4.69) is 15.4 Å². The molecule has 1 aliphatic rings. The third-order valence-electron chi connectivity index (χ3n) is 3.63. The zero-order valence-electron chi connectivity index (χ0n) is 11.5. The summed E-state index contributed by atoms with van der Waals surface area (Å²) in [7, 11) is 0. The van der Waals surface area contributed by atoms with Gasteiger partial charge in [0.15, 0.2) is 5.13 Å². The maximum absolute atomic E-state index is 12.2. The van der Waals surface area contributed by atoms with Crippen molar-refractivity contribution in [1.82, 2.24) is 14.8 Å². The van der Waals surface area contributed by atoms with Crippen LogP contribution in [0.4, 0.5) is 5.13 Å². The van der Waals surface area contributed by atoms with Gasteiger partial charge in [-0.1, -0.05) is 6.42 Å². The summed E-state index contributed by atoms with van der Waals surface area (Å²) in [6.07, 6.45) is 9.31. The fourth-order valence-corrected chi connectivity index (χ4v) is 3.47. The van der Waals surface area contributed by atoms with E-state index in [1.54, 1.807) is 28.4 Å². The van der Waals surface area contributed by atoms with Gasteiger partial charge >= 0.3 is 0 Å². The molecule has 0 radical (unpaired) electrons. The van der Waals surface area contributed by atoms with Crippen LogP contribution < -0.4 is 5.32 Å². The number of carbonyl (C=O) groups is 1. The molecule has 2 heterocycles. The molecule has 1 N–H and O–H groups in total. The first-order valence-electron chi connectivity index (χ1n) is 7.02. The van der Waals surface area contributed by atoms with Gasteiger partial charge in [0.05, 0.1) is 5.69 Å². The molecule has 0 bridgehead atoms. The minimum absolute atomic E-state index is 0.0717. The second kappa shape index (κ2) is 5.75. The van der Waals surface area contributed by atoms with Crippen LogP contribution in [0.5, 0.6) is 0 Å². The van der Waals surface area contributed by atoms with E-state index in [1.807, 2.05) is 13.0 Å². The minimum atomic E-state index is -0.325. The molecule has 6 heteroatoms. The summed E-state index contributed by atoms with van der Waals surface area (Å²) in [6.45, 7) is 1.83. The van der Waals surface area contributed by atoms with Gasteiger partial charge in [0.25, 0.3) is 5.91 Å². The van der Waals surface area contributed by atoms with Crippen molar-refractivity contribution in [3.05, 3.63) is 29.0 Å². The molecule has 1 atom stereocenters. The summed E-state index contributed by atoms with van der Waals surface area (Å²) in [5, 5.41) is 7.73. The third-order valence-corrected chi connectivity index (χ3v) is 4.70. The van der Waals surface area contributed by atoms with Gasteiger partial charge in [-0.2, -0.15) is 5.10 Å². The molecule has 2 aromatic heterocycles. The normalized spacial score (nSPS) is 16.2. The molecule has 20 heavy (non-hydrogen) atoms. The van der Waals surface area contributed by atoms with Gasteiger partial charge in [0.1, 0.15) is 6.04 Å². The predicted molar refractivity (Wildman–Crippen MR) is 78.9 cm³/mol. The molecule has 0 fully saturated rings. The molecule has 0 aliphatic heterocycles. The summed E-state index contributed by atoms with van der Waals surface area (Å²) >= 11 is 1.62. The van der Waals surface area contributed by atoms with Crippen LogP contribution in [0.1, 0.15) is 42.8 Å².